The monoisotopic (exact) mass is 302 g/mol. The first kappa shape index (κ1) is 13.5. The summed E-state index contributed by atoms with van der Waals surface area (Å²) in [5, 5.41) is 8.76. The minimum atomic E-state index is -1.53. The van der Waals surface area contributed by atoms with Crippen LogP contribution in [0.1, 0.15) is 15.9 Å². The number of aryl methyl sites for hydroxylation is 1. The lowest BCUT2D eigenvalue weighted by molar-refractivity contribution is -0.131. The maximum atomic E-state index is 11.6. The first-order chi connectivity index (χ1) is 7.93. The summed E-state index contributed by atoms with van der Waals surface area (Å²) in [5.74, 6) is -2.14. The van der Waals surface area contributed by atoms with Crippen LogP contribution < -0.4 is 9.47 Å². The second kappa shape index (κ2) is 5.18. The molecule has 0 saturated heterocycles. The van der Waals surface area contributed by atoms with Crippen LogP contribution >= 0.6 is 15.9 Å². The van der Waals surface area contributed by atoms with E-state index in [2.05, 4.69) is 15.9 Å². The van der Waals surface area contributed by atoms with Gasteiger partial charge in [0.05, 0.1) is 24.3 Å². The molecule has 0 aliphatic carbocycles. The van der Waals surface area contributed by atoms with E-state index in [1.807, 2.05) is 0 Å². The average molecular weight is 303 g/mol. The predicted molar refractivity (Wildman–Crippen MR) is 63.9 cm³/mol. The van der Waals surface area contributed by atoms with Crippen LogP contribution in [0.3, 0.4) is 0 Å². The van der Waals surface area contributed by atoms with Crippen molar-refractivity contribution in [3.63, 3.8) is 0 Å². The number of benzene rings is 1. The summed E-state index contributed by atoms with van der Waals surface area (Å²) >= 11 is 3.26. The lowest BCUT2D eigenvalue weighted by atomic mass is 10.0. The van der Waals surface area contributed by atoms with Gasteiger partial charge in [0, 0.05) is 0 Å². The first-order valence-electron chi connectivity index (χ1n) is 4.62. The van der Waals surface area contributed by atoms with Crippen LogP contribution in [-0.4, -0.2) is 31.1 Å². The van der Waals surface area contributed by atoms with Gasteiger partial charge in [0.2, 0.25) is 0 Å². The Labute approximate surface area is 106 Å². The van der Waals surface area contributed by atoms with Gasteiger partial charge in [-0.15, -0.1) is 0 Å². The molecule has 0 atom stereocenters. The number of Topliss-reactive ketones (excluding diaryl/α,β-unsaturated/α-hetero) is 1. The molecule has 0 spiro atoms. The molecule has 0 aliphatic rings. The molecule has 92 valence electrons. The van der Waals surface area contributed by atoms with Crippen LogP contribution in [-0.2, 0) is 4.79 Å². The average Bonchev–Trinajstić information content (AvgIpc) is 2.27. The number of carbonyl (C=O) groups excluding carboxylic acids is 1. The lowest BCUT2D eigenvalue weighted by Crippen LogP contribution is -2.16. The van der Waals surface area contributed by atoms with Crippen molar-refractivity contribution in [2.75, 3.05) is 14.2 Å². The number of carboxylic acids is 1. The van der Waals surface area contributed by atoms with Crippen LogP contribution in [0.15, 0.2) is 10.5 Å². The highest BCUT2D eigenvalue weighted by Gasteiger charge is 2.26. The Morgan fingerprint density at radius 1 is 1.24 bits per heavy atom. The van der Waals surface area contributed by atoms with Crippen LogP contribution in [0.25, 0.3) is 0 Å². The van der Waals surface area contributed by atoms with Gasteiger partial charge in [0.1, 0.15) is 0 Å². The lowest BCUT2D eigenvalue weighted by Gasteiger charge is -2.14. The highest BCUT2D eigenvalue weighted by molar-refractivity contribution is 9.10. The molecule has 1 rings (SSSR count). The molecule has 0 bridgehead atoms. The van der Waals surface area contributed by atoms with E-state index in [0.717, 1.165) is 0 Å². The van der Waals surface area contributed by atoms with Gasteiger partial charge in [-0.05, 0) is 34.5 Å². The maximum Gasteiger partial charge on any atom is 0.377 e. The van der Waals surface area contributed by atoms with Crippen molar-refractivity contribution in [2.24, 2.45) is 0 Å². The number of hydrogen-bond donors (Lipinski definition) is 1. The zero-order valence-corrected chi connectivity index (χ0v) is 11.1. The summed E-state index contributed by atoms with van der Waals surface area (Å²) in [6, 6.07) is 1.61. The summed E-state index contributed by atoms with van der Waals surface area (Å²) in [7, 11) is 2.76. The molecule has 0 amide bonds. The molecular formula is C11H11BrO5. The standard InChI is InChI=1S/C11H11BrO5/c1-5-4-6(12)9(16-2)10(17-3)7(5)8(13)11(14)15/h4H,1-3H3,(H,14,15). The number of ether oxygens (including phenoxy) is 2. The SMILES string of the molecule is COc1c(Br)cc(C)c(C(=O)C(=O)O)c1OC. The van der Waals surface area contributed by atoms with Gasteiger partial charge in [-0.2, -0.15) is 0 Å². The first-order valence-corrected chi connectivity index (χ1v) is 5.42. The van der Waals surface area contributed by atoms with Gasteiger partial charge in [-0.25, -0.2) is 4.79 Å². The highest BCUT2D eigenvalue weighted by Crippen LogP contribution is 2.40. The molecule has 0 aromatic heterocycles. The fraction of sp³-hybridized carbons (Fsp3) is 0.273. The number of rotatable bonds is 4. The molecule has 0 saturated carbocycles. The summed E-state index contributed by atoms with van der Waals surface area (Å²) in [4.78, 5) is 22.3. The summed E-state index contributed by atoms with van der Waals surface area (Å²) in [6.45, 7) is 1.63. The topological polar surface area (TPSA) is 72.8 Å². The van der Waals surface area contributed by atoms with Gasteiger partial charge in [0.25, 0.3) is 5.78 Å². The Balaban J connectivity index is 3.58. The van der Waals surface area contributed by atoms with Crippen LogP contribution in [0.4, 0.5) is 0 Å². The molecular weight excluding hydrogens is 292 g/mol. The Bertz CT molecular complexity index is 481. The second-order valence-electron chi connectivity index (χ2n) is 3.25. The number of halogens is 1. The zero-order chi connectivity index (χ0) is 13.2. The molecule has 0 heterocycles. The molecule has 1 N–H and O–H groups in total. The number of methoxy groups -OCH3 is 2. The van der Waals surface area contributed by atoms with E-state index in [-0.39, 0.29) is 11.3 Å². The van der Waals surface area contributed by atoms with E-state index >= 15 is 0 Å². The van der Waals surface area contributed by atoms with E-state index in [0.29, 0.717) is 15.8 Å². The molecule has 6 heteroatoms. The predicted octanol–water partition coefficient (Wildman–Crippen LogP) is 2.04. The molecule has 1 aromatic rings. The Hall–Kier alpha value is -1.56. The van der Waals surface area contributed by atoms with Crippen LogP contribution in [0.2, 0.25) is 0 Å². The Kier molecular flexibility index (Phi) is 4.11. The summed E-state index contributed by atoms with van der Waals surface area (Å²) in [5.41, 5.74) is 0.502. The minimum Gasteiger partial charge on any atom is -0.492 e. The van der Waals surface area contributed by atoms with Crippen molar-refractivity contribution in [3.8, 4) is 11.5 Å². The number of carboxylic acid groups (broad SMARTS) is 1. The van der Waals surface area contributed by atoms with Gasteiger partial charge < -0.3 is 14.6 Å². The normalized spacial score (nSPS) is 9.88. The van der Waals surface area contributed by atoms with Gasteiger partial charge in [-0.1, -0.05) is 0 Å². The zero-order valence-electron chi connectivity index (χ0n) is 9.54. The third kappa shape index (κ3) is 2.41. The van der Waals surface area contributed by atoms with Gasteiger partial charge >= 0.3 is 5.97 Å². The van der Waals surface area contributed by atoms with E-state index in [1.54, 1.807) is 13.0 Å². The number of aliphatic carboxylic acids is 1. The molecule has 17 heavy (non-hydrogen) atoms. The third-order valence-corrected chi connectivity index (χ3v) is 2.81. The van der Waals surface area contributed by atoms with Crippen molar-refractivity contribution in [2.45, 2.75) is 6.92 Å². The van der Waals surface area contributed by atoms with Crippen LogP contribution in [0.5, 0.6) is 11.5 Å². The number of ketones is 1. The maximum absolute atomic E-state index is 11.6. The van der Waals surface area contributed by atoms with E-state index in [1.165, 1.54) is 14.2 Å². The number of hydrogen-bond acceptors (Lipinski definition) is 4. The van der Waals surface area contributed by atoms with Crippen molar-refractivity contribution in [1.82, 2.24) is 0 Å². The van der Waals surface area contributed by atoms with Crippen molar-refractivity contribution in [3.05, 3.63) is 21.7 Å². The van der Waals surface area contributed by atoms with Gasteiger partial charge in [-0.3, -0.25) is 4.79 Å². The third-order valence-electron chi connectivity index (χ3n) is 2.22. The summed E-state index contributed by atoms with van der Waals surface area (Å²) in [6.07, 6.45) is 0. The quantitative estimate of drug-likeness (QED) is 0.680. The van der Waals surface area contributed by atoms with E-state index in [4.69, 9.17) is 14.6 Å². The smallest absolute Gasteiger partial charge is 0.377 e. The molecule has 0 fully saturated rings. The van der Waals surface area contributed by atoms with Crippen molar-refractivity contribution in [1.29, 1.82) is 0 Å². The highest BCUT2D eigenvalue weighted by atomic mass is 79.9. The minimum absolute atomic E-state index is 0.0000463. The molecule has 0 radical (unpaired) electrons. The fourth-order valence-corrected chi connectivity index (χ4v) is 2.19. The summed E-state index contributed by atoms with van der Waals surface area (Å²) < 4.78 is 10.7. The molecule has 5 nitrogen and oxygen atoms in total. The van der Waals surface area contributed by atoms with E-state index < -0.39 is 11.8 Å². The second-order valence-corrected chi connectivity index (χ2v) is 4.11. The van der Waals surface area contributed by atoms with E-state index in [9.17, 15) is 9.59 Å². The Morgan fingerprint density at radius 3 is 2.18 bits per heavy atom. The Morgan fingerprint density at radius 2 is 1.76 bits per heavy atom. The fourth-order valence-electron chi connectivity index (χ4n) is 1.50. The molecule has 0 unspecified atom stereocenters. The largest absolute Gasteiger partial charge is 0.492 e. The van der Waals surface area contributed by atoms with Gasteiger partial charge in [0.15, 0.2) is 11.5 Å². The van der Waals surface area contributed by atoms with Crippen LogP contribution in [0, 0.1) is 6.92 Å². The van der Waals surface area contributed by atoms with Crippen molar-refractivity contribution >= 4 is 27.7 Å². The molecule has 1 aromatic carbocycles. The molecule has 0 aliphatic heterocycles. The number of carbonyl (C=O) groups is 2. The van der Waals surface area contributed by atoms with Crippen molar-refractivity contribution < 1.29 is 24.2 Å².